The number of carboxylic acids is 1. The monoisotopic (exact) mass is 246 g/mol. The van der Waals surface area contributed by atoms with Gasteiger partial charge in [0.05, 0.1) is 4.92 Å². The zero-order chi connectivity index (χ0) is 12.3. The van der Waals surface area contributed by atoms with Crippen LogP contribution in [0.1, 0.15) is 13.3 Å². The summed E-state index contributed by atoms with van der Waals surface area (Å²) >= 11 is 1.03. The van der Waals surface area contributed by atoms with Gasteiger partial charge in [0.1, 0.15) is 0 Å². The lowest BCUT2D eigenvalue weighted by molar-refractivity contribution is -0.422. The average molecular weight is 246 g/mol. The van der Waals surface area contributed by atoms with Crippen molar-refractivity contribution in [3.05, 3.63) is 20.8 Å². The molecule has 16 heavy (non-hydrogen) atoms. The molecular formula is C8H10N2O5S. The number of carboxylic acid groups (broad SMARTS) is 1. The molecule has 88 valence electrons. The van der Waals surface area contributed by atoms with E-state index >= 15 is 0 Å². The molecule has 0 aromatic carbocycles. The molecule has 0 aromatic heterocycles. The van der Waals surface area contributed by atoms with Crippen molar-refractivity contribution in [1.82, 2.24) is 4.90 Å². The van der Waals surface area contributed by atoms with Crippen LogP contribution in [-0.2, 0) is 9.59 Å². The molecule has 1 saturated heterocycles. The second-order valence-electron chi connectivity index (χ2n) is 3.09. The molecule has 0 spiro atoms. The fourth-order valence-corrected chi connectivity index (χ4v) is 2.46. The largest absolute Gasteiger partial charge is 0.473 e. The molecule has 8 heteroatoms. The van der Waals surface area contributed by atoms with Gasteiger partial charge in [-0.05, 0) is 6.42 Å². The zero-order valence-corrected chi connectivity index (χ0v) is 9.32. The van der Waals surface area contributed by atoms with E-state index in [2.05, 4.69) is 0 Å². The van der Waals surface area contributed by atoms with Crippen LogP contribution in [0.15, 0.2) is 10.7 Å². The van der Waals surface area contributed by atoms with Crippen molar-refractivity contribution in [2.24, 2.45) is 0 Å². The van der Waals surface area contributed by atoms with Crippen LogP contribution in [-0.4, -0.2) is 39.1 Å². The number of hydrogen-bond donors (Lipinski definition) is 1. The first-order chi connectivity index (χ1) is 7.45. The normalized spacial score (nSPS) is 19.2. The second kappa shape index (κ2) is 4.97. The van der Waals surface area contributed by atoms with E-state index in [4.69, 9.17) is 5.11 Å². The van der Waals surface area contributed by atoms with Crippen molar-refractivity contribution < 1.29 is 19.6 Å². The minimum absolute atomic E-state index is 0.0729. The first kappa shape index (κ1) is 12.5. The lowest BCUT2D eigenvalue weighted by Crippen LogP contribution is -2.34. The number of carbonyl (C=O) groups is 2. The Labute approximate surface area is 95.3 Å². The van der Waals surface area contributed by atoms with Crippen molar-refractivity contribution in [1.29, 1.82) is 0 Å². The lowest BCUT2D eigenvalue weighted by atomic mass is 10.3. The minimum Gasteiger partial charge on any atom is -0.473 e. The van der Waals surface area contributed by atoms with Gasteiger partial charge in [0.2, 0.25) is 5.91 Å². The summed E-state index contributed by atoms with van der Waals surface area (Å²) in [5, 5.41) is 19.3. The van der Waals surface area contributed by atoms with Crippen LogP contribution in [0.2, 0.25) is 0 Å². The predicted molar refractivity (Wildman–Crippen MR) is 56.1 cm³/mol. The Morgan fingerprint density at radius 2 is 2.19 bits per heavy atom. The number of nitrogens with zero attached hydrogens (tertiary/aromatic N) is 2. The molecule has 0 aliphatic carbocycles. The van der Waals surface area contributed by atoms with Gasteiger partial charge in [-0.2, -0.15) is 0 Å². The van der Waals surface area contributed by atoms with Crippen LogP contribution < -0.4 is 0 Å². The molecule has 0 aromatic rings. The van der Waals surface area contributed by atoms with E-state index in [1.54, 1.807) is 0 Å². The van der Waals surface area contributed by atoms with Crippen LogP contribution in [0.3, 0.4) is 0 Å². The van der Waals surface area contributed by atoms with E-state index in [-0.39, 0.29) is 10.9 Å². The summed E-state index contributed by atoms with van der Waals surface area (Å²) in [5.41, 5.74) is -0.931. The van der Waals surface area contributed by atoms with Crippen LogP contribution in [0.25, 0.3) is 0 Å². The molecule has 7 nitrogen and oxygen atoms in total. The number of nitro groups is 1. The summed E-state index contributed by atoms with van der Waals surface area (Å²) in [6.45, 7) is 1.58. The first-order valence-electron chi connectivity index (χ1n) is 4.48. The summed E-state index contributed by atoms with van der Waals surface area (Å²) in [4.78, 5) is 32.8. The minimum atomic E-state index is -1.62. The maximum atomic E-state index is 11.2. The number of rotatable bonds is 2. The molecule has 1 aliphatic heterocycles. The van der Waals surface area contributed by atoms with Gasteiger partial charge in [-0.25, -0.2) is 4.79 Å². The van der Waals surface area contributed by atoms with Crippen molar-refractivity contribution in [3.63, 3.8) is 0 Å². The average Bonchev–Trinajstić information content (AvgIpc) is 2.17. The van der Waals surface area contributed by atoms with Gasteiger partial charge in [0.25, 0.3) is 0 Å². The van der Waals surface area contributed by atoms with Crippen LogP contribution in [0.5, 0.6) is 0 Å². The Morgan fingerprint density at radius 3 is 2.62 bits per heavy atom. The fraction of sp³-hybridized carbons (Fsp3) is 0.500. The van der Waals surface area contributed by atoms with Gasteiger partial charge in [-0.15, -0.1) is 11.8 Å². The molecule has 1 fully saturated rings. The lowest BCUT2D eigenvalue weighted by Gasteiger charge is -2.26. The standard InChI is InChI=1S/C8H10N2O5S/c1-5(11)9-3-2-4-16-7(9)6(8(12)13)10(14)15/h2-4H2,1H3,(H,12,13). The predicted octanol–water partition coefficient (Wildman–Crippen LogP) is 0.502. The van der Waals surface area contributed by atoms with Gasteiger partial charge in [-0.1, -0.05) is 0 Å². The van der Waals surface area contributed by atoms with Crippen molar-refractivity contribution in [2.75, 3.05) is 12.3 Å². The molecule has 0 atom stereocenters. The second-order valence-corrected chi connectivity index (χ2v) is 4.17. The summed E-state index contributed by atoms with van der Waals surface area (Å²) in [6.07, 6.45) is 0.693. The van der Waals surface area contributed by atoms with E-state index in [9.17, 15) is 19.7 Å². The van der Waals surface area contributed by atoms with Gasteiger partial charge in [-0.3, -0.25) is 14.9 Å². The third-order valence-corrected chi connectivity index (χ3v) is 3.16. The Hall–Kier alpha value is -1.57. The summed E-state index contributed by atoms with van der Waals surface area (Å²) < 4.78 is 0. The Bertz CT molecular complexity index is 363. The van der Waals surface area contributed by atoms with Crippen molar-refractivity contribution in [3.8, 4) is 0 Å². The SMILES string of the molecule is CC(=O)N1CCCSC1=C(C(=O)O)[N+](=O)[O-]. The first-order valence-corrected chi connectivity index (χ1v) is 5.46. The Balaban J connectivity index is 3.21. The number of hydrogen-bond acceptors (Lipinski definition) is 5. The summed E-state index contributed by atoms with van der Waals surface area (Å²) in [5.74, 6) is -1.44. The summed E-state index contributed by atoms with van der Waals surface area (Å²) in [7, 11) is 0. The number of carbonyl (C=O) groups excluding carboxylic acids is 1. The summed E-state index contributed by atoms with van der Waals surface area (Å²) in [6, 6.07) is 0. The highest BCUT2D eigenvalue weighted by molar-refractivity contribution is 8.03. The van der Waals surface area contributed by atoms with Crippen LogP contribution in [0, 0.1) is 10.1 Å². The topological polar surface area (TPSA) is 101 Å². The number of thioether (sulfide) groups is 1. The van der Waals surface area contributed by atoms with E-state index in [0.29, 0.717) is 18.7 Å². The van der Waals surface area contributed by atoms with E-state index < -0.39 is 16.6 Å². The fourth-order valence-electron chi connectivity index (χ4n) is 1.32. The smallest absolute Gasteiger partial charge is 0.410 e. The molecule has 0 saturated carbocycles. The molecule has 1 aliphatic rings. The van der Waals surface area contributed by atoms with Crippen LogP contribution >= 0.6 is 11.8 Å². The molecule has 0 bridgehead atoms. The van der Waals surface area contributed by atoms with Crippen molar-refractivity contribution in [2.45, 2.75) is 13.3 Å². The van der Waals surface area contributed by atoms with Crippen LogP contribution in [0.4, 0.5) is 0 Å². The molecule has 1 N–H and O–H groups in total. The molecule has 1 amide bonds. The third-order valence-electron chi connectivity index (χ3n) is 1.98. The van der Waals surface area contributed by atoms with Gasteiger partial charge in [0.15, 0.2) is 5.03 Å². The Kier molecular flexibility index (Phi) is 3.88. The third kappa shape index (κ3) is 2.51. The highest BCUT2D eigenvalue weighted by atomic mass is 32.2. The van der Waals surface area contributed by atoms with Crippen molar-refractivity contribution >= 4 is 23.6 Å². The Morgan fingerprint density at radius 1 is 1.56 bits per heavy atom. The number of aliphatic carboxylic acids is 1. The quantitative estimate of drug-likeness (QED) is 0.432. The number of amides is 1. The molecule has 0 unspecified atom stereocenters. The molecule has 1 heterocycles. The molecular weight excluding hydrogens is 236 g/mol. The van der Waals surface area contributed by atoms with Gasteiger partial charge < -0.3 is 10.0 Å². The molecule has 0 radical (unpaired) electrons. The van der Waals surface area contributed by atoms with E-state index in [1.807, 2.05) is 0 Å². The maximum Gasteiger partial charge on any atom is 0.410 e. The van der Waals surface area contributed by atoms with E-state index in [0.717, 1.165) is 16.7 Å². The maximum absolute atomic E-state index is 11.2. The highest BCUT2D eigenvalue weighted by Crippen LogP contribution is 2.30. The van der Waals surface area contributed by atoms with Gasteiger partial charge >= 0.3 is 11.7 Å². The molecule has 1 rings (SSSR count). The van der Waals surface area contributed by atoms with E-state index in [1.165, 1.54) is 6.92 Å². The zero-order valence-electron chi connectivity index (χ0n) is 8.50. The highest BCUT2D eigenvalue weighted by Gasteiger charge is 2.34. The van der Waals surface area contributed by atoms with Gasteiger partial charge in [0, 0.05) is 19.2 Å².